The van der Waals surface area contributed by atoms with E-state index in [1.807, 2.05) is 0 Å². The number of imidazole rings is 1. The highest BCUT2D eigenvalue weighted by Crippen LogP contribution is 2.37. The molecule has 30 heavy (non-hydrogen) atoms. The molecule has 3 rings (SSSR count). The molecule has 162 valence electrons. The van der Waals surface area contributed by atoms with E-state index < -0.39 is 35.7 Å². The van der Waals surface area contributed by atoms with Gasteiger partial charge in [0.25, 0.3) is 0 Å². The number of carbonyl (C=O) groups is 1. The van der Waals surface area contributed by atoms with Crippen LogP contribution in [0, 0.1) is 11.7 Å². The molecule has 8 nitrogen and oxygen atoms in total. The van der Waals surface area contributed by atoms with Gasteiger partial charge in [0.15, 0.2) is 11.0 Å². The summed E-state index contributed by atoms with van der Waals surface area (Å²) in [4.78, 5) is 23.2. The van der Waals surface area contributed by atoms with Gasteiger partial charge in [0.05, 0.1) is 17.3 Å². The molecule has 0 radical (unpaired) electrons. The number of rotatable bonds is 5. The van der Waals surface area contributed by atoms with E-state index in [1.54, 1.807) is 6.92 Å². The minimum absolute atomic E-state index is 0.0489. The lowest BCUT2D eigenvalue weighted by Crippen LogP contribution is -2.41. The van der Waals surface area contributed by atoms with Crippen molar-refractivity contribution in [3.05, 3.63) is 46.5 Å². The Bertz CT molecular complexity index is 1240. The second-order valence-corrected chi connectivity index (χ2v) is 9.08. The van der Waals surface area contributed by atoms with Crippen LogP contribution in [-0.4, -0.2) is 65.5 Å². The number of halogens is 2. The van der Waals surface area contributed by atoms with Gasteiger partial charge in [-0.25, -0.2) is 22.8 Å². The Kier molecular flexibility index (Phi) is 4.56. The number of nitrogens with one attached hydrogen (secondary N) is 1. The van der Waals surface area contributed by atoms with Crippen LogP contribution in [0.2, 0.25) is 5.15 Å². The van der Waals surface area contributed by atoms with Crippen LogP contribution in [0.1, 0.15) is 33.2 Å². The second-order valence-electron chi connectivity index (χ2n) is 6.90. The van der Waals surface area contributed by atoms with Crippen LogP contribution in [0.5, 0.6) is 0 Å². The fraction of sp³-hybridized carbons (Fsp3) is 0.421. The van der Waals surface area contributed by atoms with Gasteiger partial charge in [-0.15, -0.1) is 0 Å². The molecule has 11 heteroatoms. The molecule has 1 aliphatic rings. The van der Waals surface area contributed by atoms with Gasteiger partial charge >= 0.3 is 0 Å². The van der Waals surface area contributed by atoms with E-state index in [1.165, 1.54) is 12.1 Å². The summed E-state index contributed by atoms with van der Waals surface area (Å²) in [7, 11) is -4.16. The summed E-state index contributed by atoms with van der Waals surface area (Å²) in [5.74, 6) is -2.08. The zero-order valence-corrected chi connectivity index (χ0v) is 17.4. The lowest BCUT2D eigenvalue weighted by Gasteiger charge is -2.35. The van der Waals surface area contributed by atoms with Crippen molar-refractivity contribution in [2.45, 2.75) is 19.3 Å². The fourth-order valence-electron chi connectivity index (χ4n) is 3.32. The standard InChI is InChI=1S/C19H23ClFN5O3S/c1-12-11-26(30(28,29)9-7-16(27)25(2)3)8-6-14(12)17-18(20)24-19(23-17)15-5-4-13(21)10-22-15/h4-5,7,9-10,12,14H,6,8,11H2,1-3H3,(H,23,24)/t12-,14+/m0/s1/i2D3,3D3. The van der Waals surface area contributed by atoms with Crippen molar-refractivity contribution in [2.75, 3.05) is 27.0 Å². The van der Waals surface area contributed by atoms with Gasteiger partial charge in [-0.1, -0.05) is 18.5 Å². The normalized spacial score (nSPS) is 24.4. The molecule has 0 spiro atoms. The van der Waals surface area contributed by atoms with E-state index in [2.05, 4.69) is 15.0 Å². The maximum absolute atomic E-state index is 13.2. The van der Waals surface area contributed by atoms with Crippen molar-refractivity contribution in [3.63, 3.8) is 0 Å². The molecule has 2 aromatic rings. The number of H-pyrrole nitrogens is 1. The van der Waals surface area contributed by atoms with Crippen LogP contribution in [0.3, 0.4) is 0 Å². The largest absolute Gasteiger partial charge is 0.345 e. The van der Waals surface area contributed by atoms with Gasteiger partial charge < -0.3 is 9.88 Å². The van der Waals surface area contributed by atoms with E-state index in [4.69, 9.17) is 19.8 Å². The zero-order valence-electron chi connectivity index (χ0n) is 21.8. The lowest BCUT2D eigenvalue weighted by atomic mass is 9.86. The van der Waals surface area contributed by atoms with Gasteiger partial charge in [-0.2, -0.15) is 4.31 Å². The van der Waals surface area contributed by atoms with Crippen LogP contribution in [0.4, 0.5) is 4.39 Å². The van der Waals surface area contributed by atoms with Crippen molar-refractivity contribution in [2.24, 2.45) is 5.92 Å². The summed E-state index contributed by atoms with van der Waals surface area (Å²) in [6, 6.07) is 2.68. The first-order valence-corrected chi connectivity index (χ1v) is 10.8. The topological polar surface area (TPSA) is 99.3 Å². The minimum atomic E-state index is -4.16. The van der Waals surface area contributed by atoms with Crippen molar-refractivity contribution >= 4 is 27.5 Å². The summed E-state index contributed by atoms with van der Waals surface area (Å²) in [5, 5.41) is 0.693. The summed E-state index contributed by atoms with van der Waals surface area (Å²) >= 11 is 6.32. The molecular formula is C19H23ClFN5O3S. The van der Waals surface area contributed by atoms with E-state index >= 15 is 0 Å². The highest BCUT2D eigenvalue weighted by Gasteiger charge is 2.34. The number of likely N-dealkylation sites (N-methyl/N-ethyl adjacent to an activating group) is 1. The van der Waals surface area contributed by atoms with Crippen LogP contribution in [-0.2, 0) is 14.8 Å². The molecule has 2 aromatic heterocycles. The number of sulfonamides is 1. The predicted molar refractivity (Wildman–Crippen MR) is 112 cm³/mol. The van der Waals surface area contributed by atoms with Crippen LogP contribution in [0.25, 0.3) is 11.5 Å². The number of aromatic amines is 1. The fourth-order valence-corrected chi connectivity index (χ4v) is 4.86. The summed E-state index contributed by atoms with van der Waals surface area (Å²) in [6.07, 6.45) is 1.82. The summed E-state index contributed by atoms with van der Waals surface area (Å²) in [5.41, 5.74) is 0.967. The average molecular weight is 462 g/mol. The Balaban J connectivity index is 1.74. The molecule has 1 saturated heterocycles. The number of piperidine rings is 1. The monoisotopic (exact) mass is 461 g/mol. The average Bonchev–Trinajstić information content (AvgIpc) is 3.12. The van der Waals surface area contributed by atoms with E-state index in [0.717, 1.165) is 10.5 Å². The smallest absolute Gasteiger partial charge is 0.246 e. The number of nitrogens with zero attached hydrogens (tertiary/aromatic N) is 4. The molecule has 0 aliphatic carbocycles. The third-order valence-corrected chi connectivity index (χ3v) is 6.68. The third kappa shape index (κ3) is 4.88. The van der Waals surface area contributed by atoms with E-state index in [0.29, 0.717) is 35.1 Å². The Morgan fingerprint density at radius 3 is 2.87 bits per heavy atom. The maximum atomic E-state index is 13.2. The van der Waals surface area contributed by atoms with Gasteiger partial charge in [0.2, 0.25) is 15.9 Å². The van der Waals surface area contributed by atoms with E-state index in [-0.39, 0.29) is 35.0 Å². The predicted octanol–water partition coefficient (Wildman–Crippen LogP) is 2.62. The van der Waals surface area contributed by atoms with Crippen LogP contribution >= 0.6 is 11.6 Å². The van der Waals surface area contributed by atoms with Crippen molar-refractivity contribution in [1.29, 1.82) is 0 Å². The molecule has 3 heterocycles. The van der Waals surface area contributed by atoms with Crippen molar-refractivity contribution in [3.8, 4) is 11.5 Å². The third-order valence-electron chi connectivity index (χ3n) is 4.86. The molecule has 0 saturated carbocycles. The number of hydrogen-bond donors (Lipinski definition) is 1. The molecule has 2 atom stereocenters. The highest BCUT2D eigenvalue weighted by molar-refractivity contribution is 7.92. The summed E-state index contributed by atoms with van der Waals surface area (Å²) in [6.45, 7) is -4.66. The lowest BCUT2D eigenvalue weighted by molar-refractivity contribution is -0.123. The molecule has 0 unspecified atom stereocenters. The summed E-state index contributed by atoms with van der Waals surface area (Å²) < 4.78 is 83.4. The van der Waals surface area contributed by atoms with Crippen molar-refractivity contribution in [1.82, 2.24) is 24.2 Å². The SMILES string of the molecule is [2H]C([2H])([2H])N(C(=O)C=CS(=O)(=O)N1CC[C@@H](c2[nH]c(-c3ccc(F)cn3)nc2Cl)[C@@H](C)C1)C([2H])([2H])[2H]. The number of pyridine rings is 1. The molecule has 1 aliphatic heterocycles. The van der Waals surface area contributed by atoms with Crippen LogP contribution < -0.4 is 0 Å². The first kappa shape index (κ1) is 15.5. The number of carbonyl (C=O) groups excluding carboxylic acids is 1. The van der Waals surface area contributed by atoms with Crippen molar-refractivity contribution < 1.29 is 25.8 Å². The number of hydrogen-bond acceptors (Lipinski definition) is 5. The minimum Gasteiger partial charge on any atom is -0.345 e. The molecular weight excluding hydrogens is 433 g/mol. The Labute approximate surface area is 188 Å². The van der Waals surface area contributed by atoms with Gasteiger partial charge in [-0.05, 0) is 24.5 Å². The molecule has 0 aromatic carbocycles. The van der Waals surface area contributed by atoms with E-state index in [9.17, 15) is 17.6 Å². The highest BCUT2D eigenvalue weighted by atomic mass is 35.5. The Hall–Kier alpha value is -2.30. The van der Waals surface area contributed by atoms with Gasteiger partial charge in [0, 0.05) is 47.3 Å². The molecule has 0 bridgehead atoms. The number of amides is 1. The maximum Gasteiger partial charge on any atom is 0.246 e. The van der Waals surface area contributed by atoms with Gasteiger partial charge in [-0.3, -0.25) is 4.79 Å². The van der Waals surface area contributed by atoms with Gasteiger partial charge in [0.1, 0.15) is 11.5 Å². The Morgan fingerprint density at radius 1 is 1.47 bits per heavy atom. The second kappa shape index (κ2) is 8.83. The quantitative estimate of drug-likeness (QED) is 0.690. The van der Waals surface area contributed by atoms with Crippen LogP contribution in [0.15, 0.2) is 29.8 Å². The zero-order chi connectivity index (χ0) is 27.1. The molecule has 1 N–H and O–H groups in total. The molecule has 1 amide bonds. The first-order valence-electron chi connectivity index (χ1n) is 11.9. The number of aromatic nitrogens is 3. The molecule has 1 fully saturated rings. The first-order chi connectivity index (χ1) is 16.5. The Morgan fingerprint density at radius 2 is 2.23 bits per heavy atom.